The van der Waals surface area contributed by atoms with Gasteiger partial charge < -0.3 is 5.11 Å². The summed E-state index contributed by atoms with van der Waals surface area (Å²) in [6.07, 6.45) is 1.46. The predicted octanol–water partition coefficient (Wildman–Crippen LogP) is 2.33. The highest BCUT2D eigenvalue weighted by atomic mass is 16.6. The number of rotatable bonds is 4. The van der Waals surface area contributed by atoms with Crippen LogP contribution < -0.4 is 0 Å². The van der Waals surface area contributed by atoms with Crippen molar-refractivity contribution < 1.29 is 10.0 Å². The van der Waals surface area contributed by atoms with Crippen molar-refractivity contribution in [2.75, 3.05) is 6.61 Å². The minimum absolute atomic E-state index is 0.0304. The molecule has 0 radical (unpaired) electrons. The Kier molecular flexibility index (Phi) is 3.57. The van der Waals surface area contributed by atoms with Crippen molar-refractivity contribution in [3.63, 3.8) is 0 Å². The van der Waals surface area contributed by atoms with Gasteiger partial charge in [-0.05, 0) is 5.56 Å². The molecule has 80 valence electrons. The molecule has 1 unspecified atom stereocenters. The van der Waals surface area contributed by atoms with E-state index < -0.39 is 4.92 Å². The van der Waals surface area contributed by atoms with Crippen molar-refractivity contribution in [1.82, 2.24) is 0 Å². The molecular weight excluding hydrogens is 194 g/mol. The second kappa shape index (κ2) is 4.70. The minimum Gasteiger partial charge on any atom is -0.396 e. The van der Waals surface area contributed by atoms with Crippen LogP contribution in [0.2, 0.25) is 0 Å². The number of hydrogen-bond acceptors (Lipinski definition) is 3. The van der Waals surface area contributed by atoms with E-state index in [0.29, 0.717) is 5.56 Å². The average Bonchev–Trinajstić information content (AvgIpc) is 2.26. The van der Waals surface area contributed by atoms with E-state index in [1.54, 1.807) is 12.1 Å². The van der Waals surface area contributed by atoms with Crippen molar-refractivity contribution in [2.24, 2.45) is 0 Å². The maximum absolute atomic E-state index is 10.7. The topological polar surface area (TPSA) is 63.4 Å². The van der Waals surface area contributed by atoms with Crippen molar-refractivity contribution in [1.29, 1.82) is 0 Å². The van der Waals surface area contributed by atoms with Gasteiger partial charge in [0.25, 0.3) is 5.69 Å². The largest absolute Gasteiger partial charge is 0.396 e. The van der Waals surface area contributed by atoms with Gasteiger partial charge in [-0.3, -0.25) is 10.1 Å². The third-order valence-electron chi connectivity index (χ3n) is 2.32. The quantitative estimate of drug-likeness (QED) is 0.608. The Morgan fingerprint density at radius 1 is 1.67 bits per heavy atom. The van der Waals surface area contributed by atoms with Gasteiger partial charge >= 0.3 is 0 Å². The van der Waals surface area contributed by atoms with Gasteiger partial charge in [0.15, 0.2) is 0 Å². The summed E-state index contributed by atoms with van der Waals surface area (Å²) >= 11 is 0. The molecule has 4 heteroatoms. The van der Waals surface area contributed by atoms with Gasteiger partial charge in [0.05, 0.1) is 10.5 Å². The summed E-state index contributed by atoms with van der Waals surface area (Å²) in [7, 11) is 0. The fourth-order valence-electron chi connectivity index (χ4n) is 1.48. The van der Waals surface area contributed by atoms with E-state index in [1.807, 2.05) is 6.92 Å². The molecular formula is C11H13NO3. The zero-order chi connectivity index (χ0) is 11.4. The summed E-state index contributed by atoms with van der Waals surface area (Å²) < 4.78 is 0. The summed E-state index contributed by atoms with van der Waals surface area (Å²) in [5, 5.41) is 19.8. The number of hydrogen-bond donors (Lipinski definition) is 1. The van der Waals surface area contributed by atoms with Gasteiger partial charge in [0, 0.05) is 18.6 Å². The molecule has 0 fully saturated rings. The number of nitrogens with zero attached hydrogens (tertiary/aromatic N) is 1. The van der Waals surface area contributed by atoms with E-state index in [-0.39, 0.29) is 18.2 Å². The first-order chi connectivity index (χ1) is 7.11. The molecule has 1 aromatic carbocycles. The number of benzene rings is 1. The third-order valence-corrected chi connectivity index (χ3v) is 2.32. The Hall–Kier alpha value is -1.68. The van der Waals surface area contributed by atoms with E-state index in [0.717, 1.165) is 5.56 Å². The zero-order valence-electron chi connectivity index (χ0n) is 8.51. The summed E-state index contributed by atoms with van der Waals surface area (Å²) in [5.41, 5.74) is 1.27. The van der Waals surface area contributed by atoms with Crippen LogP contribution in [0.25, 0.3) is 6.08 Å². The fourth-order valence-corrected chi connectivity index (χ4v) is 1.48. The lowest BCUT2D eigenvalue weighted by Crippen LogP contribution is -2.03. The molecule has 0 aromatic heterocycles. The standard InChI is InChI=1S/C11H13NO3/c1-3-9-10(8(2)7-13)5-4-6-11(9)12(14)15/h3-6,8,13H,1,7H2,2H3. The van der Waals surface area contributed by atoms with Gasteiger partial charge in [-0.1, -0.05) is 31.7 Å². The first-order valence-electron chi connectivity index (χ1n) is 4.62. The smallest absolute Gasteiger partial charge is 0.276 e. The molecule has 0 saturated heterocycles. The molecule has 0 aliphatic rings. The first-order valence-corrected chi connectivity index (χ1v) is 4.62. The van der Waals surface area contributed by atoms with Crippen LogP contribution in [0.1, 0.15) is 24.0 Å². The lowest BCUT2D eigenvalue weighted by molar-refractivity contribution is -0.385. The monoisotopic (exact) mass is 207 g/mol. The molecule has 0 heterocycles. The maximum atomic E-state index is 10.7. The Balaban J connectivity index is 3.34. The molecule has 0 bridgehead atoms. The first kappa shape index (κ1) is 11.4. The van der Waals surface area contributed by atoms with Crippen LogP contribution in [-0.2, 0) is 0 Å². The Bertz CT molecular complexity index is 387. The van der Waals surface area contributed by atoms with Crippen LogP contribution in [0.3, 0.4) is 0 Å². The Labute approximate surface area is 88.0 Å². The molecule has 1 N–H and O–H groups in total. The summed E-state index contributed by atoms with van der Waals surface area (Å²) in [6, 6.07) is 4.82. The van der Waals surface area contributed by atoms with Crippen molar-refractivity contribution >= 4 is 11.8 Å². The molecule has 0 spiro atoms. The molecule has 1 atom stereocenters. The van der Waals surface area contributed by atoms with Gasteiger partial charge in [-0.15, -0.1) is 0 Å². The number of aliphatic hydroxyl groups excluding tert-OH is 1. The van der Waals surface area contributed by atoms with Crippen LogP contribution in [-0.4, -0.2) is 16.6 Å². The molecule has 4 nitrogen and oxygen atoms in total. The van der Waals surface area contributed by atoms with Gasteiger partial charge in [0.1, 0.15) is 0 Å². The summed E-state index contributed by atoms with van der Waals surface area (Å²) in [4.78, 5) is 10.3. The zero-order valence-corrected chi connectivity index (χ0v) is 8.51. The molecule has 1 rings (SSSR count). The predicted molar refractivity (Wildman–Crippen MR) is 58.7 cm³/mol. The van der Waals surface area contributed by atoms with Crippen LogP contribution in [0.5, 0.6) is 0 Å². The molecule has 0 saturated carbocycles. The second-order valence-electron chi connectivity index (χ2n) is 3.32. The van der Waals surface area contributed by atoms with E-state index in [2.05, 4.69) is 6.58 Å². The maximum Gasteiger partial charge on any atom is 0.276 e. The van der Waals surface area contributed by atoms with Crippen LogP contribution in [0, 0.1) is 10.1 Å². The minimum atomic E-state index is -0.440. The Morgan fingerprint density at radius 3 is 2.80 bits per heavy atom. The van der Waals surface area contributed by atoms with E-state index in [9.17, 15) is 10.1 Å². The van der Waals surface area contributed by atoms with Crippen LogP contribution >= 0.6 is 0 Å². The van der Waals surface area contributed by atoms with Crippen LogP contribution in [0.4, 0.5) is 5.69 Å². The summed E-state index contributed by atoms with van der Waals surface area (Å²) in [5.74, 6) is -0.127. The second-order valence-corrected chi connectivity index (χ2v) is 3.32. The number of aliphatic hydroxyl groups is 1. The third kappa shape index (κ3) is 2.22. The highest BCUT2D eigenvalue weighted by molar-refractivity contribution is 5.64. The molecule has 0 aliphatic heterocycles. The molecule has 0 amide bonds. The molecule has 15 heavy (non-hydrogen) atoms. The fraction of sp³-hybridized carbons (Fsp3) is 0.273. The van der Waals surface area contributed by atoms with Crippen molar-refractivity contribution in [2.45, 2.75) is 12.8 Å². The van der Waals surface area contributed by atoms with Crippen LogP contribution in [0.15, 0.2) is 24.8 Å². The molecule has 0 aliphatic carbocycles. The lowest BCUT2D eigenvalue weighted by atomic mass is 9.95. The molecule has 1 aromatic rings. The van der Waals surface area contributed by atoms with Gasteiger partial charge in [-0.25, -0.2) is 0 Å². The van der Waals surface area contributed by atoms with Crippen molar-refractivity contribution in [3.8, 4) is 0 Å². The van der Waals surface area contributed by atoms with Crippen molar-refractivity contribution in [3.05, 3.63) is 46.0 Å². The van der Waals surface area contributed by atoms with E-state index >= 15 is 0 Å². The number of nitro groups is 1. The summed E-state index contributed by atoms with van der Waals surface area (Å²) in [6.45, 7) is 5.34. The highest BCUT2D eigenvalue weighted by Crippen LogP contribution is 2.28. The SMILES string of the molecule is C=Cc1c(C(C)CO)cccc1[N+](=O)[O-]. The van der Waals surface area contributed by atoms with E-state index in [1.165, 1.54) is 12.1 Å². The Morgan fingerprint density at radius 2 is 2.33 bits per heavy atom. The van der Waals surface area contributed by atoms with E-state index in [4.69, 9.17) is 5.11 Å². The van der Waals surface area contributed by atoms with Gasteiger partial charge in [0.2, 0.25) is 0 Å². The number of nitro benzene ring substituents is 1. The average molecular weight is 207 g/mol. The van der Waals surface area contributed by atoms with Gasteiger partial charge in [-0.2, -0.15) is 0 Å². The normalized spacial score (nSPS) is 12.1. The highest BCUT2D eigenvalue weighted by Gasteiger charge is 2.17. The lowest BCUT2D eigenvalue weighted by Gasteiger charge is -2.11.